The smallest absolute Gasteiger partial charge is 0.253 e. The fraction of sp³-hybridized carbons (Fsp3) is 0.556. The van der Waals surface area contributed by atoms with Crippen molar-refractivity contribution in [2.75, 3.05) is 26.2 Å². The molecule has 1 fully saturated rings. The number of nitrogens with zero attached hydrogens (tertiary/aromatic N) is 2. The zero-order chi connectivity index (χ0) is 17.0. The molecule has 1 aromatic carbocycles. The number of carbonyl (C=O) groups excluding carboxylic acids is 2. The molecule has 0 saturated carbocycles. The zero-order valence-electron chi connectivity index (χ0n) is 14.1. The molecule has 1 aliphatic rings. The minimum absolute atomic E-state index is 0.0142. The highest BCUT2D eigenvalue weighted by atomic mass is 35.5. The summed E-state index contributed by atoms with van der Waals surface area (Å²) < 4.78 is 0. The first kappa shape index (κ1) is 17.8. The van der Waals surface area contributed by atoms with Gasteiger partial charge < -0.3 is 9.80 Å². The van der Waals surface area contributed by atoms with Gasteiger partial charge in [-0.3, -0.25) is 9.59 Å². The van der Waals surface area contributed by atoms with Gasteiger partial charge >= 0.3 is 0 Å². The van der Waals surface area contributed by atoms with E-state index in [0.29, 0.717) is 43.2 Å². The van der Waals surface area contributed by atoms with Crippen LogP contribution in [0.1, 0.15) is 44.0 Å². The van der Waals surface area contributed by atoms with Gasteiger partial charge in [0.2, 0.25) is 5.91 Å². The minimum Gasteiger partial charge on any atom is -0.341 e. The lowest BCUT2D eigenvalue weighted by Crippen LogP contribution is -2.38. The van der Waals surface area contributed by atoms with Crippen molar-refractivity contribution in [3.63, 3.8) is 0 Å². The molecular weight excluding hydrogens is 312 g/mol. The molecule has 0 unspecified atom stereocenters. The van der Waals surface area contributed by atoms with Crippen LogP contribution in [-0.4, -0.2) is 47.8 Å². The van der Waals surface area contributed by atoms with Crippen LogP contribution in [0.2, 0.25) is 5.02 Å². The van der Waals surface area contributed by atoms with E-state index < -0.39 is 0 Å². The Labute approximate surface area is 143 Å². The Bertz CT molecular complexity index is 581. The van der Waals surface area contributed by atoms with Gasteiger partial charge in [0.15, 0.2) is 0 Å². The Balaban J connectivity index is 1.98. The van der Waals surface area contributed by atoms with Crippen molar-refractivity contribution in [3.8, 4) is 0 Å². The van der Waals surface area contributed by atoms with Crippen molar-refractivity contribution in [1.82, 2.24) is 9.80 Å². The Hall–Kier alpha value is -1.55. The van der Waals surface area contributed by atoms with Crippen LogP contribution in [0.15, 0.2) is 24.3 Å². The molecule has 1 heterocycles. The van der Waals surface area contributed by atoms with Crippen LogP contribution >= 0.6 is 11.6 Å². The van der Waals surface area contributed by atoms with Crippen molar-refractivity contribution >= 4 is 23.4 Å². The highest BCUT2D eigenvalue weighted by Crippen LogP contribution is 2.21. The molecule has 0 bridgehead atoms. The lowest BCUT2D eigenvalue weighted by Gasteiger charge is -2.25. The topological polar surface area (TPSA) is 40.6 Å². The fourth-order valence-corrected chi connectivity index (χ4v) is 2.93. The van der Waals surface area contributed by atoms with Crippen LogP contribution in [0.5, 0.6) is 0 Å². The Morgan fingerprint density at radius 2 is 1.74 bits per heavy atom. The third-order valence-corrected chi connectivity index (χ3v) is 4.12. The second-order valence-corrected chi connectivity index (χ2v) is 7.71. The molecule has 0 aliphatic carbocycles. The van der Waals surface area contributed by atoms with Gasteiger partial charge in [-0.25, -0.2) is 0 Å². The first-order valence-electron chi connectivity index (χ1n) is 8.09. The summed E-state index contributed by atoms with van der Waals surface area (Å²) >= 11 is 5.96. The predicted octanol–water partition coefficient (Wildman–Crippen LogP) is 3.45. The van der Waals surface area contributed by atoms with E-state index in [2.05, 4.69) is 20.8 Å². The van der Waals surface area contributed by atoms with Crippen molar-refractivity contribution in [2.45, 2.75) is 33.6 Å². The van der Waals surface area contributed by atoms with Crippen molar-refractivity contribution in [2.24, 2.45) is 5.41 Å². The molecule has 23 heavy (non-hydrogen) atoms. The average molecular weight is 337 g/mol. The van der Waals surface area contributed by atoms with E-state index in [1.807, 2.05) is 9.80 Å². The maximum atomic E-state index is 12.6. The number of rotatable bonds is 2. The molecule has 0 N–H and O–H groups in total. The maximum absolute atomic E-state index is 12.6. The molecule has 2 rings (SSSR count). The van der Waals surface area contributed by atoms with Crippen LogP contribution in [0.4, 0.5) is 0 Å². The molecule has 126 valence electrons. The van der Waals surface area contributed by atoms with E-state index in [1.165, 1.54) is 0 Å². The number of hydrogen-bond donors (Lipinski definition) is 0. The largest absolute Gasteiger partial charge is 0.341 e. The van der Waals surface area contributed by atoms with Crippen molar-refractivity contribution < 1.29 is 9.59 Å². The van der Waals surface area contributed by atoms with Gasteiger partial charge in [0, 0.05) is 43.2 Å². The van der Waals surface area contributed by atoms with Gasteiger partial charge in [0.05, 0.1) is 0 Å². The molecule has 1 aromatic rings. The molecule has 0 spiro atoms. The molecule has 4 nitrogen and oxygen atoms in total. The normalized spacial score (nSPS) is 16.2. The number of halogens is 1. The van der Waals surface area contributed by atoms with Gasteiger partial charge in [0.1, 0.15) is 0 Å². The first-order valence-corrected chi connectivity index (χ1v) is 8.47. The van der Waals surface area contributed by atoms with E-state index in [-0.39, 0.29) is 17.2 Å². The predicted molar refractivity (Wildman–Crippen MR) is 92.6 cm³/mol. The number of carbonyl (C=O) groups is 2. The lowest BCUT2D eigenvalue weighted by molar-refractivity contribution is -0.132. The van der Waals surface area contributed by atoms with Crippen molar-refractivity contribution in [1.29, 1.82) is 0 Å². The molecular formula is C18H25ClN2O2. The zero-order valence-corrected chi connectivity index (χ0v) is 14.9. The summed E-state index contributed by atoms with van der Waals surface area (Å²) in [5.74, 6) is 0.159. The van der Waals surface area contributed by atoms with Crippen molar-refractivity contribution in [3.05, 3.63) is 34.9 Å². The van der Waals surface area contributed by atoms with E-state index in [4.69, 9.17) is 11.6 Å². The average Bonchev–Trinajstić information content (AvgIpc) is 2.70. The van der Waals surface area contributed by atoms with Gasteiger partial charge in [-0.1, -0.05) is 38.4 Å². The minimum atomic E-state index is -0.0161. The number of hydrogen-bond acceptors (Lipinski definition) is 2. The molecule has 1 aliphatic heterocycles. The van der Waals surface area contributed by atoms with Gasteiger partial charge in [0.25, 0.3) is 5.91 Å². The summed E-state index contributed by atoms with van der Waals surface area (Å²) in [4.78, 5) is 28.6. The summed E-state index contributed by atoms with van der Waals surface area (Å²) in [7, 11) is 0. The second kappa shape index (κ2) is 7.35. The lowest BCUT2D eigenvalue weighted by atomic mass is 9.91. The molecule has 1 saturated heterocycles. The number of benzene rings is 1. The first-order chi connectivity index (χ1) is 10.8. The fourth-order valence-electron chi connectivity index (χ4n) is 2.74. The summed E-state index contributed by atoms with van der Waals surface area (Å²) in [6, 6.07) is 7.01. The van der Waals surface area contributed by atoms with Crippen LogP contribution in [0.25, 0.3) is 0 Å². The van der Waals surface area contributed by atoms with Gasteiger partial charge in [-0.2, -0.15) is 0 Å². The van der Waals surface area contributed by atoms with Crippen LogP contribution < -0.4 is 0 Å². The summed E-state index contributed by atoms with van der Waals surface area (Å²) in [5.41, 5.74) is 0.589. The molecule has 0 aromatic heterocycles. The Morgan fingerprint density at radius 3 is 2.39 bits per heavy atom. The summed E-state index contributed by atoms with van der Waals surface area (Å²) in [5, 5.41) is 0.563. The highest BCUT2D eigenvalue weighted by Gasteiger charge is 2.25. The number of amides is 2. The molecule has 2 amide bonds. The van der Waals surface area contributed by atoms with E-state index in [0.717, 1.165) is 6.42 Å². The van der Waals surface area contributed by atoms with Gasteiger partial charge in [-0.15, -0.1) is 0 Å². The maximum Gasteiger partial charge on any atom is 0.253 e. The van der Waals surface area contributed by atoms with Crippen LogP contribution in [0.3, 0.4) is 0 Å². The third kappa shape index (κ3) is 5.24. The van der Waals surface area contributed by atoms with E-state index in [1.54, 1.807) is 24.3 Å². The summed E-state index contributed by atoms with van der Waals surface area (Å²) in [6.45, 7) is 8.76. The van der Waals surface area contributed by atoms with Crippen LogP contribution in [-0.2, 0) is 4.79 Å². The highest BCUT2D eigenvalue weighted by molar-refractivity contribution is 6.30. The molecule has 0 atom stereocenters. The monoisotopic (exact) mass is 336 g/mol. The van der Waals surface area contributed by atoms with E-state index >= 15 is 0 Å². The third-order valence-electron chi connectivity index (χ3n) is 3.89. The van der Waals surface area contributed by atoms with Gasteiger partial charge in [-0.05, 0) is 30.0 Å². The SMILES string of the molecule is CC(C)(C)CC(=O)N1CCCN(C(=O)c2cccc(Cl)c2)CC1. The second-order valence-electron chi connectivity index (χ2n) is 7.27. The Morgan fingerprint density at radius 1 is 1.09 bits per heavy atom. The Kier molecular flexibility index (Phi) is 5.69. The quantitative estimate of drug-likeness (QED) is 0.830. The molecule has 0 radical (unpaired) electrons. The van der Waals surface area contributed by atoms with Crippen LogP contribution in [0, 0.1) is 5.41 Å². The summed E-state index contributed by atoms with van der Waals surface area (Å²) in [6.07, 6.45) is 1.34. The standard InChI is InChI=1S/C18H25ClN2O2/c1-18(2,3)13-16(22)20-8-5-9-21(11-10-20)17(23)14-6-4-7-15(19)12-14/h4,6-7,12H,5,8-11,13H2,1-3H3. The molecule has 5 heteroatoms. The van der Waals surface area contributed by atoms with E-state index in [9.17, 15) is 9.59 Å².